The molecule has 5 nitrogen and oxygen atoms in total. The average Bonchev–Trinajstić information content (AvgIpc) is 3.02. The molecule has 0 spiro atoms. The Morgan fingerprint density at radius 2 is 1.85 bits per heavy atom. The van der Waals surface area contributed by atoms with E-state index in [9.17, 15) is 9.18 Å². The first-order valence-electron chi connectivity index (χ1n) is 6.31. The predicted molar refractivity (Wildman–Crippen MR) is 74.4 cm³/mol. The monoisotopic (exact) mass is 292 g/mol. The van der Waals surface area contributed by atoms with Crippen LogP contribution >= 0.6 is 11.7 Å². The van der Waals surface area contributed by atoms with Crippen LogP contribution in [0, 0.1) is 5.82 Å². The van der Waals surface area contributed by atoms with E-state index in [0.717, 1.165) is 30.5 Å². The molecule has 0 bridgehead atoms. The molecule has 20 heavy (non-hydrogen) atoms. The average molecular weight is 292 g/mol. The van der Waals surface area contributed by atoms with Crippen LogP contribution in [0.2, 0.25) is 0 Å². The molecule has 2 heterocycles. The van der Waals surface area contributed by atoms with Crippen molar-refractivity contribution in [1.82, 2.24) is 13.6 Å². The Bertz CT molecular complexity index is 579. The van der Waals surface area contributed by atoms with E-state index in [0.29, 0.717) is 18.8 Å². The van der Waals surface area contributed by atoms with Crippen LogP contribution in [0.5, 0.6) is 0 Å². The lowest BCUT2D eigenvalue weighted by atomic mass is 10.2. The van der Waals surface area contributed by atoms with Crippen molar-refractivity contribution in [2.24, 2.45) is 0 Å². The first kappa shape index (κ1) is 13.0. The van der Waals surface area contributed by atoms with Crippen LogP contribution in [0.4, 0.5) is 10.1 Å². The third kappa shape index (κ3) is 2.62. The number of amides is 1. The molecular weight excluding hydrogens is 279 g/mol. The molecule has 0 aliphatic carbocycles. The summed E-state index contributed by atoms with van der Waals surface area (Å²) in [4.78, 5) is 16.0. The number of halogens is 1. The van der Waals surface area contributed by atoms with Gasteiger partial charge in [0.1, 0.15) is 5.82 Å². The molecule has 0 unspecified atom stereocenters. The molecule has 1 fully saturated rings. The number of carbonyl (C=O) groups excluding carboxylic acids is 1. The second-order valence-corrected chi connectivity index (χ2v) is 5.11. The van der Waals surface area contributed by atoms with E-state index in [1.54, 1.807) is 17.0 Å². The maximum Gasteiger partial charge on any atom is 0.275 e. The Morgan fingerprint density at radius 1 is 1.15 bits per heavy atom. The van der Waals surface area contributed by atoms with Gasteiger partial charge in [-0.2, -0.15) is 8.75 Å². The van der Waals surface area contributed by atoms with Gasteiger partial charge in [0.15, 0.2) is 5.69 Å². The summed E-state index contributed by atoms with van der Waals surface area (Å²) in [6.07, 6.45) is 1.50. The standard InChI is InChI=1S/C13H13FN4OS/c14-10-1-3-11(4-2-10)17-5-7-18(8-6-17)13(19)12-9-15-20-16-12/h1-4,9H,5-8H2. The van der Waals surface area contributed by atoms with Crippen molar-refractivity contribution in [3.05, 3.63) is 42.0 Å². The van der Waals surface area contributed by atoms with Crippen molar-refractivity contribution in [3.63, 3.8) is 0 Å². The number of anilines is 1. The maximum absolute atomic E-state index is 12.9. The number of aromatic nitrogens is 2. The molecule has 2 aromatic rings. The van der Waals surface area contributed by atoms with Crippen LogP contribution in [0.15, 0.2) is 30.5 Å². The van der Waals surface area contributed by atoms with Gasteiger partial charge in [-0.25, -0.2) is 4.39 Å². The smallest absolute Gasteiger partial charge is 0.275 e. The highest BCUT2D eigenvalue weighted by molar-refractivity contribution is 6.99. The zero-order valence-electron chi connectivity index (χ0n) is 10.7. The molecule has 0 atom stereocenters. The highest BCUT2D eigenvalue weighted by atomic mass is 32.1. The Balaban J connectivity index is 1.62. The normalized spacial score (nSPS) is 15.4. The number of hydrogen-bond acceptors (Lipinski definition) is 5. The van der Waals surface area contributed by atoms with Gasteiger partial charge in [-0.1, -0.05) is 0 Å². The van der Waals surface area contributed by atoms with Gasteiger partial charge in [0.25, 0.3) is 5.91 Å². The summed E-state index contributed by atoms with van der Waals surface area (Å²) in [5.74, 6) is -0.309. The lowest BCUT2D eigenvalue weighted by Crippen LogP contribution is -2.48. The van der Waals surface area contributed by atoms with Crippen LogP contribution < -0.4 is 4.90 Å². The summed E-state index contributed by atoms with van der Waals surface area (Å²) >= 11 is 1.04. The molecule has 0 N–H and O–H groups in total. The SMILES string of the molecule is O=C(c1cnsn1)N1CCN(c2ccc(F)cc2)CC1. The Kier molecular flexibility index (Phi) is 3.60. The van der Waals surface area contributed by atoms with Gasteiger partial charge in [-0.3, -0.25) is 4.79 Å². The van der Waals surface area contributed by atoms with Gasteiger partial charge >= 0.3 is 0 Å². The molecule has 3 rings (SSSR count). The highest BCUT2D eigenvalue weighted by Crippen LogP contribution is 2.17. The second kappa shape index (κ2) is 5.54. The Morgan fingerprint density at radius 3 is 2.45 bits per heavy atom. The minimum Gasteiger partial charge on any atom is -0.368 e. The van der Waals surface area contributed by atoms with Gasteiger partial charge in [0.2, 0.25) is 0 Å². The summed E-state index contributed by atoms with van der Waals surface area (Å²) in [7, 11) is 0. The molecule has 1 saturated heterocycles. The summed E-state index contributed by atoms with van der Waals surface area (Å²) in [5, 5.41) is 0. The van der Waals surface area contributed by atoms with Crippen LogP contribution in [0.25, 0.3) is 0 Å². The second-order valence-electron chi connectivity index (χ2n) is 4.55. The minimum atomic E-state index is -0.237. The van der Waals surface area contributed by atoms with E-state index >= 15 is 0 Å². The van der Waals surface area contributed by atoms with Crippen molar-refractivity contribution < 1.29 is 9.18 Å². The summed E-state index contributed by atoms with van der Waals surface area (Å²) in [6.45, 7) is 2.73. The van der Waals surface area contributed by atoms with E-state index in [2.05, 4.69) is 13.6 Å². The number of hydrogen-bond donors (Lipinski definition) is 0. The number of carbonyl (C=O) groups is 1. The van der Waals surface area contributed by atoms with E-state index in [4.69, 9.17) is 0 Å². The quantitative estimate of drug-likeness (QED) is 0.844. The zero-order valence-corrected chi connectivity index (χ0v) is 11.5. The first-order valence-corrected chi connectivity index (χ1v) is 7.04. The van der Waals surface area contributed by atoms with Gasteiger partial charge in [0.05, 0.1) is 17.9 Å². The van der Waals surface area contributed by atoms with Crippen LogP contribution in [0.3, 0.4) is 0 Å². The fourth-order valence-electron chi connectivity index (χ4n) is 2.24. The molecule has 0 saturated carbocycles. The number of nitrogens with zero attached hydrogens (tertiary/aromatic N) is 4. The van der Waals surface area contributed by atoms with Gasteiger partial charge in [0, 0.05) is 31.9 Å². The van der Waals surface area contributed by atoms with E-state index in [1.165, 1.54) is 18.3 Å². The Labute approximate surface area is 120 Å². The summed E-state index contributed by atoms with van der Waals surface area (Å²) in [6, 6.07) is 6.43. The van der Waals surface area contributed by atoms with Crippen molar-refractivity contribution in [3.8, 4) is 0 Å². The summed E-state index contributed by atoms with van der Waals surface area (Å²) < 4.78 is 20.7. The zero-order chi connectivity index (χ0) is 13.9. The third-order valence-corrected chi connectivity index (χ3v) is 3.82. The molecule has 1 amide bonds. The Hall–Kier alpha value is -2.02. The first-order chi connectivity index (χ1) is 9.74. The van der Waals surface area contributed by atoms with E-state index in [1.807, 2.05) is 0 Å². The minimum absolute atomic E-state index is 0.0718. The lowest BCUT2D eigenvalue weighted by Gasteiger charge is -2.35. The topological polar surface area (TPSA) is 49.3 Å². The fraction of sp³-hybridized carbons (Fsp3) is 0.308. The number of piperazine rings is 1. The number of benzene rings is 1. The maximum atomic E-state index is 12.9. The van der Waals surface area contributed by atoms with Crippen molar-refractivity contribution >= 4 is 23.3 Å². The van der Waals surface area contributed by atoms with Crippen molar-refractivity contribution in [2.45, 2.75) is 0 Å². The molecule has 1 aromatic heterocycles. The third-order valence-electron chi connectivity index (χ3n) is 3.34. The molecular formula is C13H13FN4OS. The van der Waals surface area contributed by atoms with E-state index in [-0.39, 0.29) is 11.7 Å². The van der Waals surface area contributed by atoms with Gasteiger partial charge < -0.3 is 9.80 Å². The van der Waals surface area contributed by atoms with Gasteiger partial charge in [-0.05, 0) is 24.3 Å². The number of rotatable bonds is 2. The molecule has 104 valence electrons. The molecule has 7 heteroatoms. The summed E-state index contributed by atoms with van der Waals surface area (Å²) in [5.41, 5.74) is 1.39. The van der Waals surface area contributed by atoms with Crippen LogP contribution in [-0.2, 0) is 0 Å². The highest BCUT2D eigenvalue weighted by Gasteiger charge is 2.23. The van der Waals surface area contributed by atoms with Crippen LogP contribution in [-0.4, -0.2) is 45.7 Å². The van der Waals surface area contributed by atoms with Crippen molar-refractivity contribution in [1.29, 1.82) is 0 Å². The van der Waals surface area contributed by atoms with E-state index < -0.39 is 0 Å². The van der Waals surface area contributed by atoms with Crippen LogP contribution in [0.1, 0.15) is 10.5 Å². The van der Waals surface area contributed by atoms with Crippen molar-refractivity contribution in [2.75, 3.05) is 31.1 Å². The largest absolute Gasteiger partial charge is 0.368 e. The molecule has 1 aliphatic heterocycles. The fourth-order valence-corrected chi connectivity index (χ4v) is 2.65. The molecule has 0 radical (unpaired) electrons. The van der Waals surface area contributed by atoms with Gasteiger partial charge in [-0.15, -0.1) is 0 Å². The molecule has 1 aromatic carbocycles. The lowest BCUT2D eigenvalue weighted by molar-refractivity contribution is 0.0742. The molecule has 1 aliphatic rings. The predicted octanol–water partition coefficient (Wildman–Crippen LogP) is 1.64.